The van der Waals surface area contributed by atoms with Crippen LogP contribution in [0, 0.1) is 0 Å². The number of alkyl halides is 1. The lowest BCUT2D eigenvalue weighted by molar-refractivity contribution is -0.133. The molecule has 0 radical (unpaired) electrons. The molecule has 12 heavy (non-hydrogen) atoms. The van der Waals surface area contributed by atoms with Crippen molar-refractivity contribution >= 4 is 21.9 Å². The van der Waals surface area contributed by atoms with Crippen LogP contribution in [0.2, 0.25) is 0 Å². The Balaban J connectivity index is 2.59. The van der Waals surface area contributed by atoms with Crippen molar-refractivity contribution in [2.45, 2.75) is 11.8 Å². The summed E-state index contributed by atoms with van der Waals surface area (Å²) in [6.45, 7) is 1.73. The maximum atomic E-state index is 11.0. The zero-order valence-corrected chi connectivity index (χ0v) is 8.24. The van der Waals surface area contributed by atoms with Gasteiger partial charge in [0.15, 0.2) is 0 Å². The van der Waals surface area contributed by atoms with Gasteiger partial charge in [0, 0.05) is 0 Å². The second-order valence-electron chi connectivity index (χ2n) is 2.35. The van der Waals surface area contributed by atoms with Crippen LogP contribution in [-0.2, 0) is 4.79 Å². The topological polar surface area (TPSA) is 26.3 Å². The van der Waals surface area contributed by atoms with Crippen molar-refractivity contribution < 1.29 is 9.53 Å². The maximum absolute atomic E-state index is 11.0. The number of ether oxygens (including phenoxy) is 1. The highest BCUT2D eigenvalue weighted by molar-refractivity contribution is 9.10. The van der Waals surface area contributed by atoms with Crippen LogP contribution in [0.15, 0.2) is 30.3 Å². The molecule has 0 fully saturated rings. The lowest BCUT2D eigenvalue weighted by atomic mass is 10.3. The summed E-state index contributed by atoms with van der Waals surface area (Å²) in [5.74, 6) is 0.301. The van der Waals surface area contributed by atoms with Gasteiger partial charge in [0.2, 0.25) is 0 Å². The second kappa shape index (κ2) is 4.26. The van der Waals surface area contributed by atoms with E-state index in [4.69, 9.17) is 4.74 Å². The molecule has 0 aliphatic heterocycles. The molecule has 3 heteroatoms. The molecule has 1 unspecified atom stereocenters. The highest BCUT2D eigenvalue weighted by atomic mass is 79.9. The molecule has 1 atom stereocenters. The van der Waals surface area contributed by atoms with E-state index in [9.17, 15) is 4.79 Å². The van der Waals surface area contributed by atoms with Crippen LogP contribution in [-0.4, -0.2) is 10.8 Å². The van der Waals surface area contributed by atoms with E-state index in [1.54, 1.807) is 19.1 Å². The summed E-state index contributed by atoms with van der Waals surface area (Å²) in [6.07, 6.45) is 0. The van der Waals surface area contributed by atoms with Gasteiger partial charge in [-0.25, -0.2) is 0 Å². The summed E-state index contributed by atoms with van der Waals surface area (Å²) in [6, 6.07) is 9.00. The minimum atomic E-state index is -0.277. The van der Waals surface area contributed by atoms with Crippen LogP contribution < -0.4 is 4.74 Å². The molecule has 0 heterocycles. The fourth-order valence-electron chi connectivity index (χ4n) is 0.686. The molecule has 0 amide bonds. The first-order valence-corrected chi connectivity index (χ1v) is 4.52. The predicted molar refractivity (Wildman–Crippen MR) is 50.5 cm³/mol. The maximum Gasteiger partial charge on any atom is 0.324 e. The van der Waals surface area contributed by atoms with Gasteiger partial charge in [0.05, 0.1) is 0 Å². The number of rotatable bonds is 2. The summed E-state index contributed by atoms with van der Waals surface area (Å²) >= 11 is 3.12. The zero-order chi connectivity index (χ0) is 8.97. The Morgan fingerprint density at radius 1 is 1.42 bits per heavy atom. The molecule has 64 valence electrons. The summed E-state index contributed by atoms with van der Waals surface area (Å²) in [4.78, 5) is 10.8. The summed E-state index contributed by atoms with van der Waals surface area (Å²) < 4.78 is 4.99. The van der Waals surface area contributed by atoms with Gasteiger partial charge in [-0.05, 0) is 19.1 Å². The molecule has 0 saturated heterocycles. The van der Waals surface area contributed by atoms with Crippen LogP contribution in [0.25, 0.3) is 0 Å². The largest absolute Gasteiger partial charge is 0.426 e. The van der Waals surface area contributed by atoms with Crippen LogP contribution in [0.3, 0.4) is 0 Å². The van der Waals surface area contributed by atoms with E-state index in [1.807, 2.05) is 18.2 Å². The molecule has 0 aromatic heterocycles. The Kier molecular flexibility index (Phi) is 3.29. The Morgan fingerprint density at radius 2 is 2.00 bits per heavy atom. The molecule has 0 N–H and O–H groups in total. The van der Waals surface area contributed by atoms with Gasteiger partial charge >= 0.3 is 5.97 Å². The molecule has 0 bridgehead atoms. The van der Waals surface area contributed by atoms with Crippen molar-refractivity contribution in [1.29, 1.82) is 0 Å². The lowest BCUT2D eigenvalue weighted by Crippen LogP contribution is -2.16. The number of hydrogen-bond donors (Lipinski definition) is 0. The predicted octanol–water partition coefficient (Wildman–Crippen LogP) is 2.38. The van der Waals surface area contributed by atoms with Crippen LogP contribution in [0.1, 0.15) is 6.92 Å². The van der Waals surface area contributed by atoms with Gasteiger partial charge < -0.3 is 4.74 Å². The minimum absolute atomic E-state index is 0.266. The minimum Gasteiger partial charge on any atom is -0.426 e. The third kappa shape index (κ3) is 2.66. The number of para-hydroxylation sites is 1. The van der Waals surface area contributed by atoms with E-state index in [-0.39, 0.29) is 10.8 Å². The van der Waals surface area contributed by atoms with Crippen LogP contribution in [0.4, 0.5) is 0 Å². The fourth-order valence-corrected chi connectivity index (χ4v) is 0.779. The van der Waals surface area contributed by atoms with E-state index in [2.05, 4.69) is 15.9 Å². The quantitative estimate of drug-likeness (QED) is 0.442. The van der Waals surface area contributed by atoms with E-state index < -0.39 is 0 Å². The van der Waals surface area contributed by atoms with Gasteiger partial charge in [0.1, 0.15) is 10.6 Å². The van der Waals surface area contributed by atoms with Crippen molar-refractivity contribution in [1.82, 2.24) is 0 Å². The van der Waals surface area contributed by atoms with E-state index >= 15 is 0 Å². The van der Waals surface area contributed by atoms with Gasteiger partial charge in [-0.3, -0.25) is 4.79 Å². The molecule has 2 nitrogen and oxygen atoms in total. The third-order valence-corrected chi connectivity index (χ3v) is 1.66. The average molecular weight is 229 g/mol. The number of esters is 1. The fraction of sp³-hybridized carbons (Fsp3) is 0.222. The van der Waals surface area contributed by atoms with Crippen LogP contribution in [0.5, 0.6) is 5.75 Å². The van der Waals surface area contributed by atoms with Crippen molar-refractivity contribution in [2.75, 3.05) is 0 Å². The van der Waals surface area contributed by atoms with E-state index in [0.717, 1.165) is 0 Å². The number of hydrogen-bond acceptors (Lipinski definition) is 2. The van der Waals surface area contributed by atoms with Crippen molar-refractivity contribution in [2.24, 2.45) is 0 Å². The average Bonchev–Trinajstić information content (AvgIpc) is 2.06. The summed E-state index contributed by atoms with van der Waals surface area (Å²) in [5, 5.41) is 0. The number of carbonyl (C=O) groups is 1. The first-order chi connectivity index (χ1) is 5.70. The monoisotopic (exact) mass is 228 g/mol. The Labute approximate surface area is 79.7 Å². The molecule has 1 aromatic carbocycles. The third-order valence-electron chi connectivity index (χ3n) is 1.29. The zero-order valence-electron chi connectivity index (χ0n) is 6.66. The molecule has 0 spiro atoms. The van der Waals surface area contributed by atoms with Gasteiger partial charge in [-0.15, -0.1) is 0 Å². The summed E-state index contributed by atoms with van der Waals surface area (Å²) in [7, 11) is 0. The SMILES string of the molecule is CC(Br)C(=O)Oc1ccccc1. The molecule has 0 aliphatic rings. The normalized spacial score (nSPS) is 12.2. The molecule has 0 aliphatic carbocycles. The van der Waals surface area contributed by atoms with Crippen molar-refractivity contribution in [3.05, 3.63) is 30.3 Å². The molecular weight excluding hydrogens is 220 g/mol. The summed E-state index contributed by atoms with van der Waals surface area (Å²) in [5.41, 5.74) is 0. The van der Waals surface area contributed by atoms with Gasteiger partial charge in [-0.2, -0.15) is 0 Å². The number of halogens is 1. The Hall–Kier alpha value is -0.830. The number of benzene rings is 1. The first kappa shape index (κ1) is 9.26. The highest BCUT2D eigenvalue weighted by Crippen LogP contribution is 2.11. The molecule has 0 saturated carbocycles. The smallest absolute Gasteiger partial charge is 0.324 e. The molecule has 1 rings (SSSR count). The van der Waals surface area contributed by atoms with E-state index in [0.29, 0.717) is 5.75 Å². The van der Waals surface area contributed by atoms with Gasteiger partial charge in [0.25, 0.3) is 0 Å². The first-order valence-electron chi connectivity index (χ1n) is 3.61. The molecule has 1 aromatic rings. The van der Waals surface area contributed by atoms with Crippen molar-refractivity contribution in [3.63, 3.8) is 0 Å². The molecular formula is C9H9BrO2. The van der Waals surface area contributed by atoms with Crippen LogP contribution >= 0.6 is 15.9 Å². The Morgan fingerprint density at radius 3 is 2.50 bits per heavy atom. The standard InChI is InChI=1S/C9H9BrO2/c1-7(10)9(11)12-8-5-3-2-4-6-8/h2-7H,1H3. The van der Waals surface area contributed by atoms with Crippen molar-refractivity contribution in [3.8, 4) is 5.75 Å². The number of carbonyl (C=O) groups excluding carboxylic acids is 1. The Bertz CT molecular complexity index is 256. The highest BCUT2D eigenvalue weighted by Gasteiger charge is 2.10. The lowest BCUT2D eigenvalue weighted by Gasteiger charge is -2.04. The second-order valence-corrected chi connectivity index (χ2v) is 3.72. The van der Waals surface area contributed by atoms with E-state index in [1.165, 1.54) is 0 Å². The van der Waals surface area contributed by atoms with Gasteiger partial charge in [-0.1, -0.05) is 34.1 Å².